The summed E-state index contributed by atoms with van der Waals surface area (Å²) >= 11 is 0. The van der Waals surface area contributed by atoms with Gasteiger partial charge < -0.3 is 29.7 Å². The molecule has 2 aliphatic heterocycles. The number of benzene rings is 2. The Morgan fingerprint density at radius 1 is 0.981 bits per heavy atom. The van der Waals surface area contributed by atoms with E-state index in [9.17, 15) is 32.4 Å². The second-order valence-corrected chi connectivity index (χ2v) is 17.1. The van der Waals surface area contributed by atoms with Crippen molar-refractivity contribution < 1.29 is 46.6 Å². The van der Waals surface area contributed by atoms with Gasteiger partial charge in [-0.05, 0) is 76.1 Å². The highest BCUT2D eigenvalue weighted by atomic mass is 32.2. The van der Waals surface area contributed by atoms with Gasteiger partial charge >= 0.3 is 12.2 Å². The van der Waals surface area contributed by atoms with Crippen LogP contribution in [0.3, 0.4) is 0 Å². The number of ether oxygens (including phenoxy) is 3. The number of hydrogen-bond acceptors (Lipinski definition) is 10. The molecule has 2 aromatic carbocycles. The van der Waals surface area contributed by atoms with E-state index in [1.807, 2.05) is 48.5 Å². The van der Waals surface area contributed by atoms with E-state index in [-0.39, 0.29) is 32.6 Å². The van der Waals surface area contributed by atoms with E-state index in [0.717, 1.165) is 11.1 Å². The van der Waals surface area contributed by atoms with Crippen molar-refractivity contribution in [1.82, 2.24) is 20.3 Å². The third-order valence-electron chi connectivity index (χ3n) is 9.63. The molecule has 2 aliphatic carbocycles. The van der Waals surface area contributed by atoms with Gasteiger partial charge in [-0.1, -0.05) is 54.6 Å². The topological polar surface area (TPSA) is 199 Å². The first-order chi connectivity index (χ1) is 25.6. The molecule has 0 radical (unpaired) electrons. The van der Waals surface area contributed by atoms with Crippen molar-refractivity contribution >= 4 is 45.6 Å². The second kappa shape index (κ2) is 15.8. The quantitative estimate of drug-likeness (QED) is 0.302. The summed E-state index contributed by atoms with van der Waals surface area (Å²) in [4.78, 5) is 69.2. The van der Waals surface area contributed by atoms with Crippen molar-refractivity contribution in [3.8, 4) is 11.1 Å². The van der Waals surface area contributed by atoms with E-state index in [0.29, 0.717) is 31.4 Å². The van der Waals surface area contributed by atoms with E-state index < -0.39 is 80.4 Å². The summed E-state index contributed by atoms with van der Waals surface area (Å²) < 4.78 is 44.6. The standard InChI is InChI=1S/C38H47N5O10S/c1-37(2,3)53-36(48)40-30-23-51-19-9-5-8-12-26-21-38(26,34(46)42-54(49,50)29-17-18-29)41-32(44)31-20-28(22-43(31)33(30)45)52-35(47)39-27-15-13-25(14-16-27)24-10-6-4-7-11-24/h4,6-8,10-16,26,28-31H,5,9,17-23H2,1-3H3,(H,39,47)(H,40,48)(H,41,44)(H,42,46). The number of rotatable bonds is 7. The molecule has 3 fully saturated rings. The first-order valence-corrected chi connectivity index (χ1v) is 19.7. The number of anilines is 1. The van der Waals surface area contributed by atoms with Gasteiger partial charge in [-0.2, -0.15) is 0 Å². The minimum Gasteiger partial charge on any atom is -0.444 e. The van der Waals surface area contributed by atoms with Gasteiger partial charge in [-0.3, -0.25) is 24.4 Å². The molecule has 2 heterocycles. The average Bonchev–Trinajstić information content (AvgIpc) is 4.04. The molecule has 5 amide bonds. The number of carbonyl (C=O) groups excluding carboxylic acids is 5. The number of alkyl carbamates (subject to hydrolysis) is 1. The zero-order chi connectivity index (χ0) is 38.7. The van der Waals surface area contributed by atoms with Gasteiger partial charge in [-0.15, -0.1) is 0 Å². The van der Waals surface area contributed by atoms with Gasteiger partial charge in [0.2, 0.25) is 21.8 Å². The maximum Gasteiger partial charge on any atom is 0.411 e. The molecule has 4 N–H and O–H groups in total. The highest BCUT2D eigenvalue weighted by molar-refractivity contribution is 7.91. The fourth-order valence-corrected chi connectivity index (χ4v) is 7.97. The Hall–Kier alpha value is -4.96. The van der Waals surface area contributed by atoms with Crippen LogP contribution in [0.4, 0.5) is 15.3 Å². The Balaban J connectivity index is 1.22. The molecule has 5 unspecified atom stereocenters. The molecule has 54 heavy (non-hydrogen) atoms. The maximum atomic E-state index is 14.2. The van der Waals surface area contributed by atoms with Crippen LogP contribution in [-0.2, 0) is 38.6 Å². The monoisotopic (exact) mass is 765 g/mol. The van der Waals surface area contributed by atoms with Crippen molar-refractivity contribution in [3.63, 3.8) is 0 Å². The van der Waals surface area contributed by atoms with E-state index in [2.05, 4.69) is 20.7 Å². The molecule has 1 saturated heterocycles. The minimum atomic E-state index is -3.93. The minimum absolute atomic E-state index is 0.142. The summed E-state index contributed by atoms with van der Waals surface area (Å²) in [5.41, 5.74) is -0.0272. The molecule has 4 aliphatic rings. The van der Waals surface area contributed by atoms with Crippen LogP contribution >= 0.6 is 0 Å². The molecule has 16 heteroatoms. The lowest BCUT2D eigenvalue weighted by Crippen LogP contribution is -2.59. The summed E-state index contributed by atoms with van der Waals surface area (Å²) in [6.07, 6.45) is 2.94. The molecular weight excluding hydrogens is 719 g/mol. The first kappa shape index (κ1) is 38.8. The Labute approximate surface area is 314 Å². The molecule has 2 aromatic rings. The summed E-state index contributed by atoms with van der Waals surface area (Å²) in [6.45, 7) is 4.81. The molecule has 0 aromatic heterocycles. The highest BCUT2D eigenvalue weighted by Crippen LogP contribution is 2.46. The van der Waals surface area contributed by atoms with E-state index >= 15 is 0 Å². The average molecular weight is 766 g/mol. The van der Waals surface area contributed by atoms with Gasteiger partial charge in [0.25, 0.3) is 5.91 Å². The van der Waals surface area contributed by atoms with Crippen molar-refractivity contribution in [2.75, 3.05) is 25.1 Å². The Bertz CT molecular complexity index is 1880. The zero-order valence-electron chi connectivity index (χ0n) is 30.5. The van der Waals surface area contributed by atoms with Crippen LogP contribution < -0.4 is 20.7 Å². The lowest BCUT2D eigenvalue weighted by Gasteiger charge is -2.30. The van der Waals surface area contributed by atoms with Crippen molar-refractivity contribution in [2.45, 2.75) is 93.9 Å². The molecule has 2 saturated carbocycles. The lowest BCUT2D eigenvalue weighted by atomic mass is 10.1. The Morgan fingerprint density at radius 3 is 2.37 bits per heavy atom. The summed E-state index contributed by atoms with van der Waals surface area (Å²) in [6, 6.07) is 14.3. The molecule has 15 nitrogen and oxygen atoms in total. The molecule has 5 atom stereocenters. The van der Waals surface area contributed by atoms with Gasteiger partial charge in [0.05, 0.1) is 18.4 Å². The Kier molecular flexibility index (Phi) is 11.3. The smallest absolute Gasteiger partial charge is 0.411 e. The van der Waals surface area contributed by atoms with Crippen LogP contribution in [-0.4, -0.2) is 97.6 Å². The Morgan fingerprint density at radius 2 is 1.69 bits per heavy atom. The van der Waals surface area contributed by atoms with Gasteiger partial charge in [0.1, 0.15) is 29.3 Å². The van der Waals surface area contributed by atoms with Gasteiger partial charge in [0.15, 0.2) is 0 Å². The predicted octanol–water partition coefficient (Wildman–Crippen LogP) is 3.61. The predicted molar refractivity (Wildman–Crippen MR) is 197 cm³/mol. The van der Waals surface area contributed by atoms with Crippen molar-refractivity contribution in [3.05, 3.63) is 66.7 Å². The van der Waals surface area contributed by atoms with Crippen LogP contribution in [0.1, 0.15) is 59.3 Å². The molecule has 0 spiro atoms. The number of allylic oxidation sites excluding steroid dienone is 1. The molecular formula is C38H47N5O10S. The van der Waals surface area contributed by atoms with Crippen LogP contribution in [0.25, 0.3) is 11.1 Å². The van der Waals surface area contributed by atoms with Crippen LogP contribution in [0.5, 0.6) is 0 Å². The number of fused-ring (bicyclic) bond motifs is 2. The fraction of sp³-hybridized carbons (Fsp3) is 0.500. The number of amides is 5. The van der Waals surface area contributed by atoms with Crippen LogP contribution in [0, 0.1) is 5.92 Å². The van der Waals surface area contributed by atoms with Crippen molar-refractivity contribution in [1.29, 1.82) is 0 Å². The zero-order valence-corrected chi connectivity index (χ0v) is 31.4. The third kappa shape index (κ3) is 9.58. The van der Waals surface area contributed by atoms with E-state index in [1.165, 1.54) is 4.90 Å². The SMILES string of the molecule is CC(C)(C)OC(=O)NC1COCCCC=CC2CC2(C(=O)NS(=O)(=O)C2CC2)NC(=O)C2CC(OC(=O)Nc3ccc(-c4ccccc4)cc3)CN2C1=O. The lowest BCUT2D eigenvalue weighted by molar-refractivity contribution is -0.142. The summed E-state index contributed by atoms with van der Waals surface area (Å²) in [7, 11) is -3.93. The van der Waals surface area contributed by atoms with Crippen LogP contribution in [0.15, 0.2) is 66.7 Å². The molecule has 290 valence electrons. The summed E-state index contributed by atoms with van der Waals surface area (Å²) in [5.74, 6) is -2.79. The van der Waals surface area contributed by atoms with Crippen LogP contribution in [0.2, 0.25) is 0 Å². The maximum absolute atomic E-state index is 14.2. The fourth-order valence-electron chi connectivity index (χ4n) is 6.61. The number of nitrogens with one attached hydrogen (secondary N) is 4. The third-order valence-corrected chi connectivity index (χ3v) is 11.4. The van der Waals surface area contributed by atoms with E-state index in [4.69, 9.17) is 14.2 Å². The van der Waals surface area contributed by atoms with Crippen molar-refractivity contribution in [2.24, 2.45) is 5.92 Å². The van der Waals surface area contributed by atoms with Gasteiger partial charge in [-0.25, -0.2) is 18.0 Å². The number of sulfonamides is 1. The first-order valence-electron chi connectivity index (χ1n) is 18.2. The number of nitrogens with zero attached hydrogens (tertiary/aromatic N) is 1. The number of carbonyl (C=O) groups is 5. The van der Waals surface area contributed by atoms with Gasteiger partial charge in [0, 0.05) is 24.6 Å². The molecule has 0 bridgehead atoms. The number of hydrogen-bond donors (Lipinski definition) is 4. The largest absolute Gasteiger partial charge is 0.444 e. The molecule has 6 rings (SSSR count). The second-order valence-electron chi connectivity index (χ2n) is 15.1. The summed E-state index contributed by atoms with van der Waals surface area (Å²) in [5, 5.41) is 7.35. The highest BCUT2D eigenvalue weighted by Gasteiger charge is 2.62. The van der Waals surface area contributed by atoms with E-state index in [1.54, 1.807) is 39.0 Å². The normalized spacial score (nSPS) is 26.2.